The standard InChI is InChI=1S/C8H18N2.CH3NO2/c1-8(2,3)10-6-4-9-5-7-10;2-1(3)4/h9H,4-7H2,1-3H3;2H2,(H,3,4). The molecule has 5 heteroatoms. The third kappa shape index (κ3) is 6.68. The SMILES string of the molecule is CC(C)(C)N1CCNCC1.NC(=O)O. The maximum Gasteiger partial charge on any atom is 0.402 e. The quantitative estimate of drug-likeness (QED) is 0.529. The number of carboxylic acid groups (broad SMARTS) is 1. The average Bonchev–Trinajstić information content (AvgIpc) is 2.03. The van der Waals surface area contributed by atoms with Gasteiger partial charge in [0.2, 0.25) is 0 Å². The van der Waals surface area contributed by atoms with E-state index in [-0.39, 0.29) is 0 Å². The van der Waals surface area contributed by atoms with Crippen LogP contribution >= 0.6 is 0 Å². The van der Waals surface area contributed by atoms with Crippen LogP contribution in [0.4, 0.5) is 4.79 Å². The van der Waals surface area contributed by atoms with Crippen LogP contribution in [0.25, 0.3) is 0 Å². The molecule has 1 heterocycles. The number of nitrogens with one attached hydrogen (secondary N) is 1. The van der Waals surface area contributed by atoms with Gasteiger partial charge < -0.3 is 16.2 Å². The molecule has 1 saturated heterocycles. The van der Waals surface area contributed by atoms with Crippen LogP contribution in [-0.2, 0) is 0 Å². The summed E-state index contributed by atoms with van der Waals surface area (Å²) < 4.78 is 0. The van der Waals surface area contributed by atoms with Gasteiger partial charge in [0.1, 0.15) is 0 Å². The first-order valence-corrected chi connectivity index (χ1v) is 4.78. The second-order valence-electron chi connectivity index (χ2n) is 4.25. The van der Waals surface area contributed by atoms with Crippen molar-refractivity contribution < 1.29 is 9.90 Å². The predicted octanol–water partition coefficient (Wildman–Crippen LogP) is 0.313. The summed E-state index contributed by atoms with van der Waals surface area (Å²) >= 11 is 0. The zero-order chi connectivity index (χ0) is 11.2. The van der Waals surface area contributed by atoms with Gasteiger partial charge in [0.15, 0.2) is 0 Å². The highest BCUT2D eigenvalue weighted by Gasteiger charge is 2.21. The Balaban J connectivity index is 0.000000364. The van der Waals surface area contributed by atoms with Gasteiger partial charge >= 0.3 is 6.09 Å². The number of carbonyl (C=O) groups is 1. The Morgan fingerprint density at radius 3 is 1.93 bits per heavy atom. The highest BCUT2D eigenvalue weighted by Crippen LogP contribution is 2.12. The van der Waals surface area contributed by atoms with E-state index < -0.39 is 6.09 Å². The first-order valence-electron chi connectivity index (χ1n) is 4.78. The number of amides is 1. The molecule has 5 nitrogen and oxygen atoms in total. The lowest BCUT2D eigenvalue weighted by atomic mass is 10.1. The molecule has 0 saturated carbocycles. The van der Waals surface area contributed by atoms with E-state index in [1.807, 2.05) is 0 Å². The van der Waals surface area contributed by atoms with E-state index in [1.165, 1.54) is 13.1 Å². The number of hydrogen-bond acceptors (Lipinski definition) is 3. The minimum Gasteiger partial charge on any atom is -0.465 e. The lowest BCUT2D eigenvalue weighted by Crippen LogP contribution is -2.51. The summed E-state index contributed by atoms with van der Waals surface area (Å²) in [5.41, 5.74) is 4.39. The number of primary amides is 1. The van der Waals surface area contributed by atoms with E-state index in [1.54, 1.807) is 0 Å². The van der Waals surface area contributed by atoms with E-state index in [2.05, 4.69) is 36.7 Å². The largest absolute Gasteiger partial charge is 0.465 e. The van der Waals surface area contributed by atoms with Gasteiger partial charge in [-0.3, -0.25) is 4.90 Å². The Labute approximate surface area is 85.3 Å². The van der Waals surface area contributed by atoms with Gasteiger partial charge in [-0.1, -0.05) is 0 Å². The highest BCUT2D eigenvalue weighted by molar-refractivity contribution is 5.61. The second-order valence-corrected chi connectivity index (χ2v) is 4.25. The van der Waals surface area contributed by atoms with Crippen molar-refractivity contribution in [3.8, 4) is 0 Å². The molecule has 0 aliphatic carbocycles. The van der Waals surface area contributed by atoms with Gasteiger partial charge in [-0.05, 0) is 20.8 Å². The molecule has 84 valence electrons. The van der Waals surface area contributed by atoms with Gasteiger partial charge in [-0.25, -0.2) is 4.79 Å². The number of rotatable bonds is 0. The fourth-order valence-electron chi connectivity index (χ4n) is 1.34. The molecule has 0 aromatic rings. The molecule has 1 rings (SSSR count). The smallest absolute Gasteiger partial charge is 0.402 e. The Morgan fingerprint density at radius 1 is 1.36 bits per heavy atom. The predicted molar refractivity (Wildman–Crippen MR) is 56.4 cm³/mol. The van der Waals surface area contributed by atoms with Gasteiger partial charge in [0.25, 0.3) is 0 Å². The summed E-state index contributed by atoms with van der Waals surface area (Å²) in [6.07, 6.45) is -1.33. The Bertz CT molecular complexity index is 167. The maximum absolute atomic E-state index is 8.78. The van der Waals surface area contributed by atoms with Crippen LogP contribution in [0.3, 0.4) is 0 Å². The maximum atomic E-state index is 8.78. The van der Waals surface area contributed by atoms with Crippen molar-refractivity contribution in [2.24, 2.45) is 5.73 Å². The van der Waals surface area contributed by atoms with Crippen molar-refractivity contribution in [2.45, 2.75) is 26.3 Å². The van der Waals surface area contributed by atoms with Crippen molar-refractivity contribution in [3.63, 3.8) is 0 Å². The number of piperazine rings is 1. The summed E-state index contributed by atoms with van der Waals surface area (Å²) in [7, 11) is 0. The fourth-order valence-corrected chi connectivity index (χ4v) is 1.34. The number of hydrogen-bond donors (Lipinski definition) is 3. The summed E-state index contributed by atoms with van der Waals surface area (Å²) in [6.45, 7) is 11.5. The first-order chi connectivity index (χ1) is 6.34. The molecule has 1 fully saturated rings. The molecule has 0 aromatic heterocycles. The summed E-state index contributed by atoms with van der Waals surface area (Å²) in [5, 5.41) is 10.5. The van der Waals surface area contributed by atoms with E-state index in [9.17, 15) is 0 Å². The van der Waals surface area contributed by atoms with Crippen molar-refractivity contribution in [1.82, 2.24) is 10.2 Å². The van der Waals surface area contributed by atoms with Crippen molar-refractivity contribution in [2.75, 3.05) is 26.2 Å². The average molecular weight is 203 g/mol. The molecule has 0 aromatic carbocycles. The molecular formula is C9H21N3O2. The van der Waals surface area contributed by atoms with E-state index in [0.29, 0.717) is 5.54 Å². The molecule has 1 aliphatic heterocycles. The molecule has 0 bridgehead atoms. The fraction of sp³-hybridized carbons (Fsp3) is 0.889. The Morgan fingerprint density at radius 2 is 1.71 bits per heavy atom. The Kier molecular flexibility index (Phi) is 5.49. The molecule has 0 spiro atoms. The zero-order valence-electron chi connectivity index (χ0n) is 9.21. The van der Waals surface area contributed by atoms with Gasteiger partial charge in [0, 0.05) is 31.7 Å². The molecule has 14 heavy (non-hydrogen) atoms. The van der Waals surface area contributed by atoms with Gasteiger partial charge in [-0.2, -0.15) is 0 Å². The van der Waals surface area contributed by atoms with Crippen LogP contribution in [0, 0.1) is 0 Å². The first kappa shape index (κ1) is 13.2. The van der Waals surface area contributed by atoms with Crippen molar-refractivity contribution in [1.29, 1.82) is 0 Å². The van der Waals surface area contributed by atoms with Crippen molar-refractivity contribution in [3.05, 3.63) is 0 Å². The molecule has 1 aliphatic rings. The summed E-state index contributed by atoms with van der Waals surface area (Å²) in [6, 6.07) is 0. The summed E-state index contributed by atoms with van der Waals surface area (Å²) in [5.74, 6) is 0. The van der Waals surface area contributed by atoms with E-state index >= 15 is 0 Å². The third-order valence-corrected chi connectivity index (χ3v) is 2.07. The Hall–Kier alpha value is -0.810. The van der Waals surface area contributed by atoms with Crippen LogP contribution < -0.4 is 11.1 Å². The molecule has 0 unspecified atom stereocenters. The molecule has 0 atom stereocenters. The van der Waals surface area contributed by atoms with Crippen molar-refractivity contribution >= 4 is 6.09 Å². The molecular weight excluding hydrogens is 182 g/mol. The van der Waals surface area contributed by atoms with Crippen LogP contribution in [0.1, 0.15) is 20.8 Å². The minimum absolute atomic E-state index is 0.363. The summed E-state index contributed by atoms with van der Waals surface area (Å²) in [4.78, 5) is 11.3. The lowest BCUT2D eigenvalue weighted by Gasteiger charge is -2.38. The van der Waals surface area contributed by atoms with Gasteiger partial charge in [-0.15, -0.1) is 0 Å². The second kappa shape index (κ2) is 5.82. The molecule has 0 radical (unpaired) electrons. The normalized spacial score (nSPS) is 18.2. The number of nitrogens with two attached hydrogens (primary N) is 1. The lowest BCUT2D eigenvalue weighted by molar-refractivity contribution is 0.119. The van der Waals surface area contributed by atoms with Crippen LogP contribution in [0.15, 0.2) is 0 Å². The zero-order valence-corrected chi connectivity index (χ0v) is 9.21. The molecule has 4 N–H and O–H groups in total. The van der Waals surface area contributed by atoms with E-state index in [4.69, 9.17) is 9.90 Å². The highest BCUT2D eigenvalue weighted by atomic mass is 16.4. The van der Waals surface area contributed by atoms with E-state index in [0.717, 1.165) is 13.1 Å². The van der Waals surface area contributed by atoms with Gasteiger partial charge in [0.05, 0.1) is 0 Å². The minimum atomic E-state index is -1.33. The monoisotopic (exact) mass is 203 g/mol. The van der Waals surface area contributed by atoms with Crippen LogP contribution in [0.5, 0.6) is 0 Å². The number of nitrogens with zero attached hydrogens (tertiary/aromatic N) is 1. The van der Waals surface area contributed by atoms with Crippen LogP contribution in [0.2, 0.25) is 0 Å². The third-order valence-electron chi connectivity index (χ3n) is 2.07. The topological polar surface area (TPSA) is 78.6 Å². The molecule has 1 amide bonds. The van der Waals surface area contributed by atoms with Crippen LogP contribution in [-0.4, -0.2) is 47.8 Å².